The van der Waals surface area contributed by atoms with E-state index in [-0.39, 0.29) is 25.7 Å². The molecule has 0 radical (unpaired) electrons. The predicted molar refractivity (Wildman–Crippen MR) is 445 cm³/mol. The number of rotatable bonds is 75. The van der Waals surface area contributed by atoms with Gasteiger partial charge in [-0.3, -0.25) is 37.3 Å². The molecule has 0 aromatic heterocycles. The number of unbranched alkanes of at least 4 members (excludes halogenated alkanes) is 19. The molecule has 0 saturated heterocycles. The van der Waals surface area contributed by atoms with E-state index in [1.54, 1.807) is 0 Å². The lowest BCUT2D eigenvalue weighted by molar-refractivity contribution is -0.161. The maximum absolute atomic E-state index is 13.1. The Bertz CT molecular complexity index is 2760. The SMILES string of the molecule is CC/C=C\C/C=C\C/C=C\C/C=C\CCCCCCC(=O)OCC(COP(=O)(O)OCC(O)COP(=O)(O)OCC(COC(=O)CCCCCCCC/C=C\C/C=C\C/C=C\CCCCC)OC(=O)CCCC/C=C\C/C=C\C/C=C\C/C=C\CC)OC(=O)CCCCCC/C=C\C/C=C\C/C=C\C/C=C\CC. The molecule has 19 heteroatoms. The average Bonchev–Trinajstić information content (AvgIpc) is 0.901. The van der Waals surface area contributed by atoms with Crippen LogP contribution in [0.1, 0.15) is 297 Å². The number of phosphoric acid groups is 2. The van der Waals surface area contributed by atoms with Crippen LogP contribution in [-0.4, -0.2) is 96.7 Å². The molecule has 0 heterocycles. The molecular formula is C89H144O17P2. The van der Waals surface area contributed by atoms with Crippen LogP contribution in [0.25, 0.3) is 0 Å². The van der Waals surface area contributed by atoms with Gasteiger partial charge in [0, 0.05) is 25.7 Å². The van der Waals surface area contributed by atoms with Crippen LogP contribution in [0.5, 0.6) is 0 Å². The highest BCUT2D eigenvalue weighted by Crippen LogP contribution is 2.45. The van der Waals surface area contributed by atoms with Gasteiger partial charge in [0.1, 0.15) is 19.3 Å². The van der Waals surface area contributed by atoms with Gasteiger partial charge in [-0.2, -0.15) is 0 Å². The first-order valence-corrected chi connectivity index (χ1v) is 44.0. The number of phosphoric ester groups is 2. The van der Waals surface area contributed by atoms with Crippen LogP contribution < -0.4 is 0 Å². The van der Waals surface area contributed by atoms with Crippen molar-refractivity contribution in [1.29, 1.82) is 0 Å². The van der Waals surface area contributed by atoms with E-state index < -0.39 is 97.5 Å². The van der Waals surface area contributed by atoms with E-state index in [0.29, 0.717) is 32.1 Å². The highest BCUT2D eigenvalue weighted by Gasteiger charge is 2.30. The van der Waals surface area contributed by atoms with E-state index in [1.165, 1.54) is 19.3 Å². The van der Waals surface area contributed by atoms with E-state index in [0.717, 1.165) is 193 Å². The normalized spacial score (nSPS) is 14.8. The second kappa shape index (κ2) is 79.3. The number of allylic oxidation sites excluding steroid dienone is 30. The van der Waals surface area contributed by atoms with Crippen LogP contribution in [0, 0.1) is 0 Å². The Morgan fingerprint density at radius 3 is 0.759 bits per heavy atom. The molecule has 3 N–H and O–H groups in total. The van der Waals surface area contributed by atoms with E-state index in [4.69, 9.17) is 37.0 Å². The maximum Gasteiger partial charge on any atom is 0.472 e. The summed E-state index contributed by atoms with van der Waals surface area (Å²) in [6.07, 6.45) is 95.8. The van der Waals surface area contributed by atoms with E-state index >= 15 is 0 Å². The van der Waals surface area contributed by atoms with Gasteiger partial charge < -0.3 is 33.8 Å². The summed E-state index contributed by atoms with van der Waals surface area (Å²) in [6.45, 7) is 4.38. The minimum atomic E-state index is -5.01. The molecule has 17 nitrogen and oxygen atoms in total. The second-order valence-corrected chi connectivity index (χ2v) is 29.5. The highest BCUT2D eigenvalue weighted by atomic mass is 31.2. The predicted octanol–water partition coefficient (Wildman–Crippen LogP) is 24.3. The lowest BCUT2D eigenvalue weighted by Gasteiger charge is -2.21. The Morgan fingerprint density at radius 2 is 0.481 bits per heavy atom. The quantitative estimate of drug-likeness (QED) is 0.0169. The monoisotopic (exact) mass is 1550 g/mol. The first kappa shape index (κ1) is 102. The number of hydrogen-bond donors (Lipinski definition) is 3. The lowest BCUT2D eigenvalue weighted by atomic mass is 10.1. The van der Waals surface area contributed by atoms with Crippen LogP contribution in [0.2, 0.25) is 0 Å². The van der Waals surface area contributed by atoms with Crippen molar-refractivity contribution in [3.05, 3.63) is 182 Å². The summed E-state index contributed by atoms with van der Waals surface area (Å²) in [7, 11) is -10.0. The van der Waals surface area contributed by atoms with E-state index in [1.807, 2.05) is 0 Å². The molecule has 108 heavy (non-hydrogen) atoms. The lowest BCUT2D eigenvalue weighted by Crippen LogP contribution is -2.30. The third-order valence-electron chi connectivity index (χ3n) is 16.3. The van der Waals surface area contributed by atoms with Crippen molar-refractivity contribution in [2.24, 2.45) is 0 Å². The minimum Gasteiger partial charge on any atom is -0.462 e. The summed E-state index contributed by atoms with van der Waals surface area (Å²) >= 11 is 0. The fourth-order valence-corrected chi connectivity index (χ4v) is 11.8. The van der Waals surface area contributed by atoms with Crippen molar-refractivity contribution in [3.63, 3.8) is 0 Å². The fourth-order valence-electron chi connectivity index (χ4n) is 10.2. The molecule has 0 bridgehead atoms. The zero-order chi connectivity index (χ0) is 78.9. The van der Waals surface area contributed by atoms with Gasteiger partial charge >= 0.3 is 39.5 Å². The smallest absolute Gasteiger partial charge is 0.462 e. The molecule has 612 valence electrons. The molecule has 0 rings (SSSR count). The standard InChI is InChI=1S/C89H144O17P2/c1-5-9-13-17-21-25-29-33-37-40-41-44-47-50-54-58-62-66-70-74-87(92)100-79-84(105-88(93)75-71-67-63-59-55-51-45-36-32-28-24-20-16-12-8-4)81-103-107(95,96)101-77-83(90)78-102-108(97,98)104-82-85(106-89(94)76-72-68-64-60-56-52-48-43-39-35-31-27-23-19-15-11-7-3)80-99-86(91)73-69-65-61-57-53-49-46-42-38-34-30-26-22-18-14-10-6-2/h10-12,14-16,21-28,33-39,41,44-46,48-49,52,55,59,83-85,90H,5-9,13,17-20,29-32,40,42-43,47,50-51,53-54,56-58,60-82H2,1-4H3,(H,95,96)(H,97,98)/b14-10-,15-11-,16-12-,25-21-,26-22-,27-23-,28-24-,37-33-,38-34-,39-35-,44-41-,45-36-,49-46-,52-48-,59-55-. The third kappa shape index (κ3) is 78.3. The van der Waals surface area contributed by atoms with E-state index in [9.17, 15) is 43.2 Å². The molecule has 0 spiro atoms. The number of aliphatic hydroxyl groups is 1. The summed E-state index contributed by atoms with van der Waals surface area (Å²) in [5, 5.41) is 10.7. The molecule has 0 saturated carbocycles. The number of carbonyl (C=O) groups excluding carboxylic acids is 4. The molecule has 0 aliphatic rings. The Morgan fingerprint density at radius 1 is 0.269 bits per heavy atom. The van der Waals surface area contributed by atoms with Gasteiger partial charge in [0.05, 0.1) is 26.4 Å². The van der Waals surface area contributed by atoms with Gasteiger partial charge in [0.15, 0.2) is 12.2 Å². The van der Waals surface area contributed by atoms with Gasteiger partial charge in [-0.25, -0.2) is 9.13 Å². The Kier molecular flexibility index (Phi) is 75.0. The molecule has 0 aromatic carbocycles. The van der Waals surface area contributed by atoms with Crippen LogP contribution in [0.3, 0.4) is 0 Å². The number of esters is 4. The van der Waals surface area contributed by atoms with Crippen molar-refractivity contribution >= 4 is 39.5 Å². The van der Waals surface area contributed by atoms with Crippen molar-refractivity contribution in [3.8, 4) is 0 Å². The Labute approximate surface area is 654 Å². The van der Waals surface area contributed by atoms with Crippen LogP contribution in [0.4, 0.5) is 0 Å². The molecule has 0 aliphatic carbocycles. The summed E-state index contributed by atoms with van der Waals surface area (Å²) in [6, 6.07) is 0. The zero-order valence-electron chi connectivity index (χ0n) is 66.9. The number of hydrogen-bond acceptors (Lipinski definition) is 15. The zero-order valence-corrected chi connectivity index (χ0v) is 68.7. The van der Waals surface area contributed by atoms with Crippen LogP contribution in [0.15, 0.2) is 182 Å². The molecule has 0 aromatic rings. The Hall–Kier alpha value is -5.84. The fraction of sp³-hybridized carbons (Fsp3) is 0.618. The van der Waals surface area contributed by atoms with Gasteiger partial charge in [-0.05, 0) is 180 Å². The molecule has 0 fully saturated rings. The number of aliphatic hydroxyl groups excluding tert-OH is 1. The van der Waals surface area contributed by atoms with Crippen molar-refractivity contribution < 1.29 is 80.2 Å². The third-order valence-corrected chi connectivity index (χ3v) is 18.2. The molecule has 0 amide bonds. The molecular weight excluding hydrogens is 1400 g/mol. The number of carbonyl (C=O) groups is 4. The van der Waals surface area contributed by atoms with Gasteiger partial charge in [-0.1, -0.05) is 274 Å². The second-order valence-electron chi connectivity index (χ2n) is 26.6. The first-order chi connectivity index (χ1) is 52.7. The van der Waals surface area contributed by atoms with Gasteiger partial charge in [0.25, 0.3) is 0 Å². The largest absolute Gasteiger partial charge is 0.472 e. The summed E-state index contributed by atoms with van der Waals surface area (Å²) in [4.78, 5) is 73.2. The molecule has 0 aliphatic heterocycles. The van der Waals surface area contributed by atoms with Crippen LogP contribution >= 0.6 is 15.6 Å². The van der Waals surface area contributed by atoms with Gasteiger partial charge in [-0.15, -0.1) is 0 Å². The molecule has 5 atom stereocenters. The van der Waals surface area contributed by atoms with Crippen LogP contribution in [-0.2, 0) is 65.4 Å². The summed E-state index contributed by atoms with van der Waals surface area (Å²) in [5.41, 5.74) is 0. The topological polar surface area (TPSA) is 237 Å². The minimum absolute atomic E-state index is 0.0321. The number of ether oxygens (including phenoxy) is 4. The van der Waals surface area contributed by atoms with Crippen molar-refractivity contribution in [2.75, 3.05) is 39.6 Å². The van der Waals surface area contributed by atoms with Crippen molar-refractivity contribution in [2.45, 2.75) is 316 Å². The van der Waals surface area contributed by atoms with Crippen molar-refractivity contribution in [1.82, 2.24) is 0 Å². The average molecular weight is 1550 g/mol. The Balaban J connectivity index is 5.48. The highest BCUT2D eigenvalue weighted by molar-refractivity contribution is 7.47. The summed E-state index contributed by atoms with van der Waals surface area (Å²) < 4.78 is 68.6. The van der Waals surface area contributed by atoms with E-state index in [2.05, 4.69) is 210 Å². The first-order valence-electron chi connectivity index (χ1n) is 41.0. The van der Waals surface area contributed by atoms with Gasteiger partial charge in [0.2, 0.25) is 0 Å². The summed E-state index contributed by atoms with van der Waals surface area (Å²) in [5.74, 6) is -2.30. The maximum atomic E-state index is 13.1. The molecule has 5 unspecified atom stereocenters.